The highest BCUT2D eigenvalue weighted by molar-refractivity contribution is 9.10. The molecule has 1 unspecified atom stereocenters. The summed E-state index contributed by atoms with van der Waals surface area (Å²) in [7, 11) is 0. The molecule has 1 aliphatic heterocycles. The zero-order chi connectivity index (χ0) is 27.5. The molecule has 0 saturated carbocycles. The van der Waals surface area contributed by atoms with Crippen LogP contribution in [0.15, 0.2) is 87.2 Å². The molecule has 1 fully saturated rings. The Morgan fingerprint density at radius 2 is 1.82 bits per heavy atom. The van der Waals surface area contributed by atoms with Crippen molar-refractivity contribution in [2.75, 3.05) is 11.5 Å². The van der Waals surface area contributed by atoms with Gasteiger partial charge in [-0.25, -0.2) is 0 Å². The number of aryl methyl sites for hydroxylation is 1. The number of thioether (sulfide) groups is 1. The molecule has 0 spiro atoms. The van der Waals surface area contributed by atoms with Crippen molar-refractivity contribution >= 4 is 61.6 Å². The predicted molar refractivity (Wildman–Crippen MR) is 157 cm³/mol. The number of Topliss-reactive ketones (excluding diaryl/α,β-unsaturated/α-hetero) is 1. The molecule has 3 aromatic carbocycles. The molecule has 7 nitrogen and oxygen atoms in total. The zero-order valence-electron chi connectivity index (χ0n) is 21.1. The van der Waals surface area contributed by atoms with E-state index in [4.69, 9.17) is 4.74 Å². The summed E-state index contributed by atoms with van der Waals surface area (Å²) in [5.74, 6) is -0.473. The van der Waals surface area contributed by atoms with E-state index in [1.165, 1.54) is 33.6 Å². The van der Waals surface area contributed by atoms with Crippen molar-refractivity contribution in [2.45, 2.75) is 30.0 Å². The molecule has 2 heterocycles. The van der Waals surface area contributed by atoms with Crippen molar-refractivity contribution < 1.29 is 19.4 Å². The van der Waals surface area contributed by atoms with Gasteiger partial charge in [-0.15, -0.1) is 10.2 Å². The summed E-state index contributed by atoms with van der Waals surface area (Å²) in [6.07, 6.45) is 0. The lowest BCUT2D eigenvalue weighted by Gasteiger charge is -2.22. The molecular weight excluding hydrogens is 598 g/mol. The summed E-state index contributed by atoms with van der Waals surface area (Å²) < 4.78 is 6.94. The minimum Gasteiger partial charge on any atom is -0.507 e. The van der Waals surface area contributed by atoms with E-state index >= 15 is 0 Å². The molecule has 5 rings (SSSR count). The molecule has 1 aliphatic rings. The molecular formula is C29H24BrN3O4S2. The number of hydrogen-bond acceptors (Lipinski definition) is 8. The first-order chi connectivity index (χ1) is 18.9. The van der Waals surface area contributed by atoms with Crippen LogP contribution in [0.5, 0.6) is 5.75 Å². The zero-order valence-corrected chi connectivity index (χ0v) is 24.3. The van der Waals surface area contributed by atoms with E-state index in [-0.39, 0.29) is 11.3 Å². The van der Waals surface area contributed by atoms with Gasteiger partial charge in [-0.2, -0.15) is 0 Å². The number of halogens is 1. The van der Waals surface area contributed by atoms with Crippen LogP contribution in [0.1, 0.15) is 35.2 Å². The Hall–Kier alpha value is -3.47. The van der Waals surface area contributed by atoms with E-state index < -0.39 is 17.7 Å². The number of rotatable bonds is 8. The Labute approximate surface area is 242 Å². The molecule has 0 radical (unpaired) electrons. The van der Waals surface area contributed by atoms with Gasteiger partial charge in [0.25, 0.3) is 5.78 Å². The average molecular weight is 623 g/mol. The first kappa shape index (κ1) is 27.1. The lowest BCUT2D eigenvalue weighted by atomic mass is 9.95. The summed E-state index contributed by atoms with van der Waals surface area (Å²) in [6, 6.07) is 21.4. The number of nitrogens with zero attached hydrogens (tertiary/aromatic N) is 3. The fraction of sp³-hybridized carbons (Fsp3) is 0.172. The molecule has 1 N–H and O–H groups in total. The Morgan fingerprint density at radius 3 is 2.51 bits per heavy atom. The third kappa shape index (κ3) is 5.78. The molecule has 198 valence electrons. The second-order valence-electron chi connectivity index (χ2n) is 8.81. The third-order valence-corrected chi connectivity index (χ3v) is 8.75. The van der Waals surface area contributed by atoms with Crippen molar-refractivity contribution in [1.82, 2.24) is 10.2 Å². The Morgan fingerprint density at radius 1 is 1.08 bits per heavy atom. The number of carbonyl (C=O) groups is 2. The van der Waals surface area contributed by atoms with Crippen LogP contribution >= 0.6 is 39.0 Å². The van der Waals surface area contributed by atoms with Crippen LogP contribution in [-0.2, 0) is 15.3 Å². The molecule has 0 bridgehead atoms. The molecule has 1 amide bonds. The summed E-state index contributed by atoms with van der Waals surface area (Å²) in [5, 5.41) is 20.2. The lowest BCUT2D eigenvalue weighted by Crippen LogP contribution is -2.29. The highest BCUT2D eigenvalue weighted by Gasteiger charge is 2.48. The second-order valence-corrected chi connectivity index (χ2v) is 11.9. The summed E-state index contributed by atoms with van der Waals surface area (Å²) >= 11 is 6.23. The maximum atomic E-state index is 13.4. The van der Waals surface area contributed by atoms with E-state index in [1.54, 1.807) is 24.3 Å². The largest absolute Gasteiger partial charge is 0.507 e. The number of carbonyl (C=O) groups excluding carboxylic acids is 2. The van der Waals surface area contributed by atoms with Crippen LogP contribution < -0.4 is 9.64 Å². The minimum absolute atomic E-state index is 0.00804. The molecule has 10 heteroatoms. The van der Waals surface area contributed by atoms with Crippen LogP contribution in [0.4, 0.5) is 5.13 Å². The Balaban J connectivity index is 1.52. The number of aromatic nitrogens is 2. The third-order valence-electron chi connectivity index (χ3n) is 6.13. The van der Waals surface area contributed by atoms with Gasteiger partial charge in [-0.1, -0.05) is 81.0 Å². The molecule has 1 saturated heterocycles. The fourth-order valence-electron chi connectivity index (χ4n) is 4.24. The van der Waals surface area contributed by atoms with E-state index in [0.717, 1.165) is 10.0 Å². The SMILES string of the molecule is CCOc1ccc(/C(O)=C2/C(=O)C(=O)N(c3nnc(SCc4ccc(C)cc4)s3)C2c2cccc(Br)c2)cc1. The number of aliphatic hydroxyl groups excluding tert-OH is 1. The molecule has 39 heavy (non-hydrogen) atoms. The van der Waals surface area contributed by atoms with Gasteiger partial charge in [0.05, 0.1) is 18.2 Å². The Bertz CT molecular complexity index is 1550. The van der Waals surface area contributed by atoms with Gasteiger partial charge in [-0.3, -0.25) is 14.5 Å². The van der Waals surface area contributed by atoms with Crippen molar-refractivity contribution in [3.63, 3.8) is 0 Å². The van der Waals surface area contributed by atoms with Crippen molar-refractivity contribution in [1.29, 1.82) is 0 Å². The normalized spacial score (nSPS) is 16.6. The number of amides is 1. The van der Waals surface area contributed by atoms with Gasteiger partial charge < -0.3 is 9.84 Å². The predicted octanol–water partition coefficient (Wildman–Crippen LogP) is 6.93. The highest BCUT2D eigenvalue weighted by Crippen LogP contribution is 2.44. The van der Waals surface area contributed by atoms with E-state index in [0.29, 0.717) is 38.7 Å². The van der Waals surface area contributed by atoms with Gasteiger partial charge >= 0.3 is 5.91 Å². The second kappa shape index (κ2) is 11.7. The average Bonchev–Trinajstić information content (AvgIpc) is 3.50. The van der Waals surface area contributed by atoms with Gasteiger partial charge in [-0.05, 0) is 61.4 Å². The van der Waals surface area contributed by atoms with Crippen molar-refractivity contribution in [3.05, 3.63) is 105 Å². The number of anilines is 1. The quantitative estimate of drug-likeness (QED) is 0.0750. The molecule has 4 aromatic rings. The Kier molecular flexibility index (Phi) is 8.15. The van der Waals surface area contributed by atoms with Gasteiger partial charge in [0.2, 0.25) is 5.13 Å². The van der Waals surface area contributed by atoms with Crippen molar-refractivity contribution in [3.8, 4) is 5.75 Å². The van der Waals surface area contributed by atoms with Crippen LogP contribution in [-0.4, -0.2) is 33.6 Å². The first-order valence-electron chi connectivity index (χ1n) is 12.2. The number of ether oxygens (including phenoxy) is 1. The maximum Gasteiger partial charge on any atom is 0.301 e. The summed E-state index contributed by atoms with van der Waals surface area (Å²) in [5.41, 5.74) is 3.39. The summed E-state index contributed by atoms with van der Waals surface area (Å²) in [4.78, 5) is 28.1. The minimum atomic E-state index is -0.878. The van der Waals surface area contributed by atoms with Gasteiger partial charge in [0.1, 0.15) is 11.5 Å². The van der Waals surface area contributed by atoms with Gasteiger partial charge in [0, 0.05) is 15.8 Å². The first-order valence-corrected chi connectivity index (χ1v) is 14.8. The van der Waals surface area contributed by atoms with Gasteiger partial charge in [0.15, 0.2) is 4.34 Å². The fourth-order valence-corrected chi connectivity index (χ4v) is 6.48. The smallest absolute Gasteiger partial charge is 0.301 e. The van der Waals surface area contributed by atoms with Crippen molar-refractivity contribution in [2.24, 2.45) is 0 Å². The van der Waals surface area contributed by atoms with E-state index in [9.17, 15) is 14.7 Å². The van der Waals surface area contributed by atoms with Crippen LogP contribution in [0.25, 0.3) is 5.76 Å². The molecule has 0 aliphatic carbocycles. The van der Waals surface area contributed by atoms with E-state index in [1.807, 2.05) is 38.1 Å². The lowest BCUT2D eigenvalue weighted by molar-refractivity contribution is -0.132. The van der Waals surface area contributed by atoms with Crippen LogP contribution in [0, 0.1) is 6.92 Å². The number of benzene rings is 3. The number of aliphatic hydroxyl groups is 1. The number of hydrogen-bond donors (Lipinski definition) is 1. The summed E-state index contributed by atoms with van der Waals surface area (Å²) in [6.45, 7) is 4.43. The topological polar surface area (TPSA) is 92.6 Å². The standard InChI is InChI=1S/C29H24BrN3O4S2/c1-3-37-22-13-11-19(12-14-22)25(34)23-24(20-5-4-6-21(30)15-20)33(27(36)26(23)35)28-31-32-29(39-28)38-16-18-9-7-17(2)8-10-18/h4-15,24,34H,3,16H2,1-2H3/b25-23-. The molecule has 1 aromatic heterocycles. The van der Waals surface area contributed by atoms with Crippen LogP contribution in [0.3, 0.4) is 0 Å². The number of ketones is 1. The van der Waals surface area contributed by atoms with Crippen LogP contribution in [0.2, 0.25) is 0 Å². The highest BCUT2D eigenvalue weighted by atomic mass is 79.9. The maximum absolute atomic E-state index is 13.4. The molecule has 1 atom stereocenters. The van der Waals surface area contributed by atoms with E-state index in [2.05, 4.69) is 50.4 Å². The monoisotopic (exact) mass is 621 g/mol.